The van der Waals surface area contributed by atoms with Gasteiger partial charge in [-0.3, -0.25) is 10.1 Å². The SMILES string of the molecule is O=C(Nc1nc2ccc(S(=O)(=O)N3CCCCC3)cc2s1)c1ccccc1Cl. The molecule has 0 unspecified atom stereocenters. The van der Waals surface area contributed by atoms with E-state index in [4.69, 9.17) is 11.6 Å². The Kier molecular flexibility index (Phi) is 5.37. The summed E-state index contributed by atoms with van der Waals surface area (Å²) < 4.78 is 28.0. The lowest BCUT2D eigenvalue weighted by Crippen LogP contribution is -2.35. The maximum atomic E-state index is 12.9. The Morgan fingerprint density at radius 1 is 1.11 bits per heavy atom. The zero-order valence-electron chi connectivity index (χ0n) is 14.9. The number of halogens is 1. The van der Waals surface area contributed by atoms with E-state index in [-0.39, 0.29) is 10.8 Å². The number of aromatic nitrogens is 1. The van der Waals surface area contributed by atoms with Crippen molar-refractivity contribution in [3.05, 3.63) is 53.1 Å². The number of carbonyl (C=O) groups excluding carboxylic acids is 1. The second-order valence-electron chi connectivity index (χ2n) is 6.55. The van der Waals surface area contributed by atoms with Crippen LogP contribution in [0.4, 0.5) is 5.13 Å². The van der Waals surface area contributed by atoms with Crippen molar-refractivity contribution in [2.45, 2.75) is 24.2 Å². The van der Waals surface area contributed by atoms with Gasteiger partial charge < -0.3 is 0 Å². The van der Waals surface area contributed by atoms with E-state index in [1.165, 1.54) is 11.3 Å². The van der Waals surface area contributed by atoms with Crippen LogP contribution in [0.5, 0.6) is 0 Å². The van der Waals surface area contributed by atoms with Crippen LogP contribution in [0.2, 0.25) is 5.02 Å². The van der Waals surface area contributed by atoms with E-state index in [0.29, 0.717) is 39.0 Å². The van der Waals surface area contributed by atoms with Crippen molar-refractivity contribution >= 4 is 54.2 Å². The summed E-state index contributed by atoms with van der Waals surface area (Å²) in [4.78, 5) is 17.1. The van der Waals surface area contributed by atoms with Crippen molar-refractivity contribution in [1.29, 1.82) is 0 Å². The first-order chi connectivity index (χ1) is 13.4. The van der Waals surface area contributed by atoms with E-state index in [9.17, 15) is 13.2 Å². The summed E-state index contributed by atoms with van der Waals surface area (Å²) in [5.74, 6) is -0.356. The fourth-order valence-corrected chi connectivity index (χ4v) is 5.92. The van der Waals surface area contributed by atoms with Crippen molar-refractivity contribution in [2.75, 3.05) is 18.4 Å². The Hall–Kier alpha value is -2.00. The van der Waals surface area contributed by atoms with Gasteiger partial charge in [-0.1, -0.05) is 41.5 Å². The van der Waals surface area contributed by atoms with Gasteiger partial charge in [0.25, 0.3) is 5.91 Å². The summed E-state index contributed by atoms with van der Waals surface area (Å²) in [7, 11) is -3.51. The summed E-state index contributed by atoms with van der Waals surface area (Å²) in [5.41, 5.74) is 0.994. The quantitative estimate of drug-likeness (QED) is 0.659. The third-order valence-electron chi connectivity index (χ3n) is 4.65. The number of hydrogen-bond acceptors (Lipinski definition) is 5. The number of hydrogen-bond donors (Lipinski definition) is 1. The molecule has 1 saturated heterocycles. The molecule has 1 fully saturated rings. The lowest BCUT2D eigenvalue weighted by molar-refractivity contribution is 0.102. The predicted molar refractivity (Wildman–Crippen MR) is 112 cm³/mol. The van der Waals surface area contributed by atoms with Crippen LogP contribution in [0.15, 0.2) is 47.4 Å². The van der Waals surface area contributed by atoms with Gasteiger partial charge in [-0.2, -0.15) is 4.31 Å². The van der Waals surface area contributed by atoms with Crippen LogP contribution in [0.1, 0.15) is 29.6 Å². The molecule has 4 rings (SSSR count). The smallest absolute Gasteiger partial charge is 0.258 e. The molecule has 1 aliphatic heterocycles. The van der Waals surface area contributed by atoms with Crippen LogP contribution in [-0.4, -0.2) is 36.7 Å². The second kappa shape index (κ2) is 7.79. The molecular formula is C19H18ClN3O3S2. The number of piperidine rings is 1. The molecule has 9 heteroatoms. The van der Waals surface area contributed by atoms with E-state index < -0.39 is 10.0 Å². The van der Waals surface area contributed by atoms with Crippen LogP contribution in [-0.2, 0) is 10.0 Å². The highest BCUT2D eigenvalue weighted by Gasteiger charge is 2.26. The molecule has 0 saturated carbocycles. The Morgan fingerprint density at radius 3 is 2.61 bits per heavy atom. The number of rotatable bonds is 4. The van der Waals surface area contributed by atoms with Gasteiger partial charge in [-0.25, -0.2) is 13.4 Å². The Bertz CT molecular complexity index is 1140. The minimum atomic E-state index is -3.51. The first kappa shape index (κ1) is 19.3. The molecule has 3 aromatic rings. The van der Waals surface area contributed by atoms with E-state index in [1.54, 1.807) is 46.8 Å². The summed E-state index contributed by atoms with van der Waals surface area (Å²) in [6.45, 7) is 1.12. The zero-order chi connectivity index (χ0) is 19.7. The first-order valence-corrected chi connectivity index (χ1v) is 11.6. The molecule has 1 amide bonds. The highest BCUT2D eigenvalue weighted by molar-refractivity contribution is 7.89. The van der Waals surface area contributed by atoms with Crippen molar-refractivity contribution in [3.8, 4) is 0 Å². The topological polar surface area (TPSA) is 79.4 Å². The second-order valence-corrected chi connectivity index (χ2v) is 9.92. The van der Waals surface area contributed by atoms with Crippen LogP contribution in [0.25, 0.3) is 10.2 Å². The fourth-order valence-electron chi connectivity index (χ4n) is 3.18. The number of nitrogens with one attached hydrogen (secondary N) is 1. The van der Waals surface area contributed by atoms with Crippen molar-refractivity contribution < 1.29 is 13.2 Å². The van der Waals surface area contributed by atoms with Gasteiger partial charge >= 0.3 is 0 Å². The Labute approximate surface area is 172 Å². The highest BCUT2D eigenvalue weighted by Crippen LogP contribution is 2.30. The lowest BCUT2D eigenvalue weighted by atomic mass is 10.2. The minimum absolute atomic E-state index is 0.259. The van der Waals surface area contributed by atoms with Gasteiger partial charge in [-0.05, 0) is 43.2 Å². The number of thiazole rings is 1. The number of amides is 1. The minimum Gasteiger partial charge on any atom is -0.298 e. The summed E-state index contributed by atoms with van der Waals surface area (Å²) in [6, 6.07) is 11.6. The molecular weight excluding hydrogens is 418 g/mol. The molecule has 0 bridgehead atoms. The van der Waals surface area contributed by atoms with Gasteiger partial charge in [-0.15, -0.1) is 0 Å². The molecule has 0 radical (unpaired) electrons. The monoisotopic (exact) mass is 435 g/mol. The average molecular weight is 436 g/mol. The van der Waals surface area contributed by atoms with Crippen LogP contribution >= 0.6 is 22.9 Å². The van der Waals surface area contributed by atoms with E-state index in [2.05, 4.69) is 10.3 Å². The fraction of sp³-hybridized carbons (Fsp3) is 0.263. The average Bonchev–Trinajstić information content (AvgIpc) is 3.10. The van der Waals surface area contributed by atoms with E-state index in [0.717, 1.165) is 19.3 Å². The molecule has 0 atom stereocenters. The van der Waals surface area contributed by atoms with Gasteiger partial charge in [0, 0.05) is 13.1 Å². The largest absolute Gasteiger partial charge is 0.298 e. The molecule has 0 spiro atoms. The third kappa shape index (κ3) is 3.77. The van der Waals surface area contributed by atoms with Gasteiger partial charge in [0.15, 0.2) is 5.13 Å². The number of sulfonamides is 1. The molecule has 2 heterocycles. The van der Waals surface area contributed by atoms with Gasteiger partial charge in [0.2, 0.25) is 10.0 Å². The third-order valence-corrected chi connectivity index (χ3v) is 7.81. The van der Waals surface area contributed by atoms with Crippen molar-refractivity contribution in [2.24, 2.45) is 0 Å². The van der Waals surface area contributed by atoms with Crippen LogP contribution in [0.3, 0.4) is 0 Å². The van der Waals surface area contributed by atoms with Crippen molar-refractivity contribution in [3.63, 3.8) is 0 Å². The number of nitrogens with zero attached hydrogens (tertiary/aromatic N) is 2. The van der Waals surface area contributed by atoms with Crippen LogP contribution in [0, 0.1) is 0 Å². The number of anilines is 1. The van der Waals surface area contributed by atoms with Gasteiger partial charge in [0.05, 0.1) is 25.7 Å². The maximum absolute atomic E-state index is 12.9. The highest BCUT2D eigenvalue weighted by atomic mass is 35.5. The van der Waals surface area contributed by atoms with E-state index in [1.807, 2.05) is 0 Å². The molecule has 28 heavy (non-hydrogen) atoms. The molecule has 1 aromatic heterocycles. The predicted octanol–water partition coefficient (Wildman–Crippen LogP) is 4.38. The molecule has 146 valence electrons. The number of fused-ring (bicyclic) bond motifs is 1. The Balaban J connectivity index is 1.60. The first-order valence-electron chi connectivity index (χ1n) is 8.92. The molecule has 1 N–H and O–H groups in total. The lowest BCUT2D eigenvalue weighted by Gasteiger charge is -2.25. The number of carbonyl (C=O) groups is 1. The normalized spacial score (nSPS) is 15.6. The van der Waals surface area contributed by atoms with Gasteiger partial charge in [0.1, 0.15) is 0 Å². The summed E-state index contributed by atoms with van der Waals surface area (Å²) in [5, 5.41) is 3.49. The standard InChI is InChI=1S/C19H18ClN3O3S2/c20-15-7-3-2-6-14(15)18(24)22-19-21-16-9-8-13(12-17(16)27-19)28(25,26)23-10-4-1-5-11-23/h2-3,6-9,12H,1,4-5,10-11H2,(H,21,22,24). The summed E-state index contributed by atoms with van der Waals surface area (Å²) in [6.07, 6.45) is 2.84. The molecule has 2 aromatic carbocycles. The van der Waals surface area contributed by atoms with Crippen LogP contribution < -0.4 is 5.32 Å². The number of benzene rings is 2. The molecule has 0 aliphatic carbocycles. The van der Waals surface area contributed by atoms with Crippen molar-refractivity contribution in [1.82, 2.24) is 9.29 Å². The molecule has 6 nitrogen and oxygen atoms in total. The zero-order valence-corrected chi connectivity index (χ0v) is 17.3. The molecule has 1 aliphatic rings. The van der Waals surface area contributed by atoms with E-state index >= 15 is 0 Å². The summed E-state index contributed by atoms with van der Waals surface area (Å²) >= 11 is 7.29. The Morgan fingerprint density at radius 2 is 1.86 bits per heavy atom. The maximum Gasteiger partial charge on any atom is 0.258 e.